The molecule has 0 unspecified atom stereocenters. The fraction of sp³-hybridized carbons (Fsp3) is 0.577. The molecular weight excluding hydrogens is 414 g/mol. The number of hydrogen-bond donors (Lipinski definition) is 2. The van der Waals surface area contributed by atoms with Gasteiger partial charge in [-0.2, -0.15) is 4.73 Å². The Labute approximate surface area is 196 Å². The molecule has 4 rings (SSSR count). The van der Waals surface area contributed by atoms with E-state index in [1.54, 1.807) is 0 Å². The first-order valence-electron chi connectivity index (χ1n) is 12.7. The number of carbonyl (C=O) groups excluding carboxylic acids is 1. The molecule has 1 aliphatic carbocycles. The Balaban J connectivity index is 1.62. The number of nitrogens with one attached hydrogen (secondary N) is 2. The minimum Gasteiger partial charge on any atom is -0.412 e. The van der Waals surface area contributed by atoms with Crippen molar-refractivity contribution in [3.63, 3.8) is 0 Å². The van der Waals surface area contributed by atoms with Crippen molar-refractivity contribution < 1.29 is 9.63 Å². The Morgan fingerprint density at radius 3 is 2.73 bits per heavy atom. The smallest absolute Gasteiger partial charge is 0.219 e. The minimum absolute atomic E-state index is 0.0969. The average molecular weight is 452 g/mol. The highest BCUT2D eigenvalue weighted by Crippen LogP contribution is 2.32. The second-order valence-corrected chi connectivity index (χ2v) is 8.97. The maximum atomic E-state index is 11.4. The van der Waals surface area contributed by atoms with Crippen LogP contribution in [0.5, 0.6) is 0 Å². The van der Waals surface area contributed by atoms with E-state index in [2.05, 4.69) is 29.7 Å². The van der Waals surface area contributed by atoms with E-state index in [9.17, 15) is 4.79 Å². The van der Waals surface area contributed by atoms with Crippen molar-refractivity contribution in [2.75, 3.05) is 18.5 Å². The zero-order valence-electron chi connectivity index (χ0n) is 20.0. The Morgan fingerprint density at radius 2 is 1.94 bits per heavy atom. The number of fused-ring (bicyclic) bond motifs is 3. The molecule has 3 aromatic rings. The number of para-hydroxylation sites is 1. The average Bonchev–Trinajstić information content (AvgIpc) is 3.48. The first-order valence-corrected chi connectivity index (χ1v) is 12.7. The second kappa shape index (κ2) is 11.3. The first kappa shape index (κ1) is 23.3. The number of aryl methyl sites for hydroxylation is 1. The van der Waals surface area contributed by atoms with Crippen molar-refractivity contribution in [2.45, 2.75) is 84.1 Å². The van der Waals surface area contributed by atoms with Crippen LogP contribution in [-0.2, 0) is 11.2 Å². The van der Waals surface area contributed by atoms with Gasteiger partial charge in [-0.25, -0.2) is 9.97 Å². The molecule has 7 heteroatoms. The van der Waals surface area contributed by atoms with Crippen LogP contribution in [0.4, 0.5) is 5.82 Å². The lowest BCUT2D eigenvalue weighted by Gasteiger charge is -2.15. The van der Waals surface area contributed by atoms with Gasteiger partial charge in [0.25, 0.3) is 0 Å². The summed E-state index contributed by atoms with van der Waals surface area (Å²) < 4.78 is 1.96. The fourth-order valence-electron chi connectivity index (χ4n) is 4.53. The summed E-state index contributed by atoms with van der Waals surface area (Å²) in [4.78, 5) is 27.8. The van der Waals surface area contributed by atoms with E-state index in [-0.39, 0.29) is 5.91 Å². The Morgan fingerprint density at radius 1 is 1.12 bits per heavy atom. The number of carbonyl (C=O) groups is 1. The number of nitrogens with zero attached hydrogens (tertiary/aromatic N) is 3. The summed E-state index contributed by atoms with van der Waals surface area (Å²) in [5.41, 5.74) is 2.87. The highest BCUT2D eigenvalue weighted by atomic mass is 16.7. The summed E-state index contributed by atoms with van der Waals surface area (Å²) in [7, 11) is 0. The molecule has 2 heterocycles. The third-order valence-electron chi connectivity index (χ3n) is 6.40. The lowest BCUT2D eigenvalue weighted by Crippen LogP contribution is -2.24. The molecule has 1 aliphatic rings. The number of benzene rings is 1. The highest BCUT2D eigenvalue weighted by molar-refractivity contribution is 6.06. The van der Waals surface area contributed by atoms with Gasteiger partial charge in [-0.15, -0.1) is 0 Å². The molecule has 0 aliphatic heterocycles. The van der Waals surface area contributed by atoms with Crippen molar-refractivity contribution >= 4 is 33.7 Å². The van der Waals surface area contributed by atoms with E-state index in [4.69, 9.17) is 14.8 Å². The van der Waals surface area contributed by atoms with Gasteiger partial charge in [-0.3, -0.25) is 4.79 Å². The van der Waals surface area contributed by atoms with E-state index in [0.717, 1.165) is 65.7 Å². The molecule has 0 atom stereocenters. The molecule has 0 spiro atoms. The molecule has 0 saturated heterocycles. The van der Waals surface area contributed by atoms with Crippen LogP contribution in [0.15, 0.2) is 24.3 Å². The number of amides is 1. The van der Waals surface area contributed by atoms with Gasteiger partial charge in [0.05, 0.1) is 5.52 Å². The summed E-state index contributed by atoms with van der Waals surface area (Å²) >= 11 is 0. The molecule has 0 radical (unpaired) electrons. The Hall–Kier alpha value is -2.83. The maximum absolute atomic E-state index is 11.4. The van der Waals surface area contributed by atoms with Gasteiger partial charge >= 0.3 is 0 Å². The second-order valence-electron chi connectivity index (χ2n) is 8.97. The third-order valence-corrected chi connectivity index (χ3v) is 6.40. The van der Waals surface area contributed by atoms with Crippen LogP contribution in [-0.4, -0.2) is 39.8 Å². The third kappa shape index (κ3) is 5.57. The van der Waals surface area contributed by atoms with Crippen LogP contribution in [0.3, 0.4) is 0 Å². The quantitative estimate of drug-likeness (QED) is 0.378. The summed E-state index contributed by atoms with van der Waals surface area (Å²) in [6.45, 7) is 5.33. The molecule has 0 bridgehead atoms. The summed E-state index contributed by atoms with van der Waals surface area (Å²) in [6, 6.07) is 8.71. The van der Waals surface area contributed by atoms with E-state index in [1.165, 1.54) is 25.7 Å². The molecule has 1 aromatic carbocycles. The summed E-state index contributed by atoms with van der Waals surface area (Å²) in [6.07, 6.45) is 10.2. The zero-order valence-corrected chi connectivity index (χ0v) is 20.0. The molecule has 178 valence electrons. The van der Waals surface area contributed by atoms with Crippen molar-refractivity contribution in [2.24, 2.45) is 0 Å². The zero-order chi connectivity index (χ0) is 23.0. The van der Waals surface area contributed by atoms with E-state index >= 15 is 0 Å². The maximum Gasteiger partial charge on any atom is 0.219 e. The van der Waals surface area contributed by atoms with Crippen LogP contribution in [0.1, 0.15) is 77.5 Å². The van der Waals surface area contributed by atoms with Gasteiger partial charge in [0.2, 0.25) is 5.91 Å². The SMILES string of the molecule is CCCCc1nc2c(NC3CCCC3)nc3ccccc3c2n1OCCCCNC(=O)CC. The number of anilines is 1. The van der Waals surface area contributed by atoms with E-state index in [1.807, 2.05) is 23.8 Å². The predicted molar refractivity (Wildman–Crippen MR) is 134 cm³/mol. The van der Waals surface area contributed by atoms with Crippen LogP contribution < -0.4 is 15.5 Å². The van der Waals surface area contributed by atoms with Gasteiger partial charge < -0.3 is 15.5 Å². The van der Waals surface area contributed by atoms with Gasteiger partial charge in [0.15, 0.2) is 5.82 Å². The number of pyridine rings is 1. The molecule has 1 saturated carbocycles. The van der Waals surface area contributed by atoms with Crippen LogP contribution in [0.2, 0.25) is 0 Å². The fourth-order valence-corrected chi connectivity index (χ4v) is 4.53. The van der Waals surface area contributed by atoms with Crippen LogP contribution >= 0.6 is 0 Å². The van der Waals surface area contributed by atoms with Gasteiger partial charge in [0.1, 0.15) is 23.5 Å². The summed E-state index contributed by atoms with van der Waals surface area (Å²) in [5, 5.41) is 7.69. The van der Waals surface area contributed by atoms with Gasteiger partial charge in [-0.1, -0.05) is 51.3 Å². The number of unbranched alkanes of at least 4 members (excludes halogenated alkanes) is 2. The topological polar surface area (TPSA) is 81.1 Å². The number of hydrogen-bond acceptors (Lipinski definition) is 5. The number of imidazole rings is 1. The van der Waals surface area contributed by atoms with Crippen molar-refractivity contribution in [3.05, 3.63) is 30.1 Å². The number of aromatic nitrogens is 3. The van der Waals surface area contributed by atoms with Gasteiger partial charge in [-0.05, 0) is 38.2 Å². The molecule has 1 amide bonds. The molecule has 1 fully saturated rings. The van der Waals surface area contributed by atoms with Gasteiger partial charge in [0, 0.05) is 30.8 Å². The highest BCUT2D eigenvalue weighted by Gasteiger charge is 2.22. The molecule has 7 nitrogen and oxygen atoms in total. The van der Waals surface area contributed by atoms with Crippen molar-refractivity contribution in [3.8, 4) is 0 Å². The predicted octanol–water partition coefficient (Wildman–Crippen LogP) is 5.02. The normalized spacial score (nSPS) is 14.2. The van der Waals surface area contributed by atoms with Crippen LogP contribution in [0, 0.1) is 0 Å². The number of rotatable bonds is 12. The minimum atomic E-state index is 0.0969. The van der Waals surface area contributed by atoms with Crippen LogP contribution in [0.25, 0.3) is 21.9 Å². The van der Waals surface area contributed by atoms with E-state index < -0.39 is 0 Å². The summed E-state index contributed by atoms with van der Waals surface area (Å²) in [5.74, 6) is 1.93. The Kier molecular flexibility index (Phi) is 8.02. The molecule has 2 N–H and O–H groups in total. The van der Waals surface area contributed by atoms with Crippen molar-refractivity contribution in [1.82, 2.24) is 20.0 Å². The first-order chi connectivity index (χ1) is 16.2. The lowest BCUT2D eigenvalue weighted by molar-refractivity contribution is -0.120. The van der Waals surface area contributed by atoms with E-state index in [0.29, 0.717) is 25.6 Å². The van der Waals surface area contributed by atoms with Crippen molar-refractivity contribution in [1.29, 1.82) is 0 Å². The molecule has 2 aromatic heterocycles. The standard InChI is InChI=1S/C26H37N5O2/c1-3-5-16-22-30-24-25(31(22)33-18-11-10-17-27-23(32)4-2)20-14-8-9-15-21(20)29-26(24)28-19-12-6-7-13-19/h8-9,14-15,19H,3-7,10-13,16-18H2,1-2H3,(H,27,32)(H,28,29). The largest absolute Gasteiger partial charge is 0.412 e. The monoisotopic (exact) mass is 451 g/mol. The molecular formula is C26H37N5O2. The lowest BCUT2D eigenvalue weighted by atomic mass is 10.2. The molecule has 33 heavy (non-hydrogen) atoms. The Bertz CT molecular complexity index is 1070.